The van der Waals surface area contributed by atoms with E-state index in [2.05, 4.69) is 22.4 Å². The first kappa shape index (κ1) is 14.9. The van der Waals surface area contributed by atoms with Gasteiger partial charge in [0.15, 0.2) is 0 Å². The summed E-state index contributed by atoms with van der Waals surface area (Å²) in [4.78, 5) is 11.9. The van der Waals surface area contributed by atoms with Gasteiger partial charge in [-0.15, -0.1) is 11.6 Å². The Labute approximate surface area is 113 Å². The van der Waals surface area contributed by atoms with Gasteiger partial charge in [-0.2, -0.15) is 10.2 Å². The van der Waals surface area contributed by atoms with E-state index in [0.29, 0.717) is 29.6 Å². The molecule has 0 aliphatic carbocycles. The summed E-state index contributed by atoms with van der Waals surface area (Å²) in [7, 11) is 0. The Kier molecular flexibility index (Phi) is 6.05. The maximum absolute atomic E-state index is 11.9. The zero-order valence-corrected chi connectivity index (χ0v) is 11.9. The van der Waals surface area contributed by atoms with Crippen molar-refractivity contribution in [2.24, 2.45) is 5.92 Å². The van der Waals surface area contributed by atoms with Crippen LogP contribution in [0.3, 0.4) is 0 Å². The normalized spacial score (nSPS) is 12.2. The molecule has 0 saturated carbocycles. The number of hydrogen-bond acceptors (Lipinski definition) is 3. The predicted octanol–water partition coefficient (Wildman–Crippen LogP) is 2.48. The summed E-state index contributed by atoms with van der Waals surface area (Å²) in [5, 5.41) is 10.7. The first-order chi connectivity index (χ1) is 8.54. The Morgan fingerprint density at radius 1 is 1.44 bits per heavy atom. The van der Waals surface area contributed by atoms with Crippen LogP contribution in [0.15, 0.2) is 6.07 Å². The van der Waals surface area contributed by atoms with Gasteiger partial charge in [-0.3, -0.25) is 4.79 Å². The SMILES string of the molecule is Cc1cc(C(=O)NCCCC(C)CCl)c(C)nn1. The Morgan fingerprint density at radius 2 is 2.17 bits per heavy atom. The van der Waals surface area contributed by atoms with Crippen LogP contribution in [0.1, 0.15) is 41.5 Å². The molecule has 0 fully saturated rings. The first-order valence-electron chi connectivity index (χ1n) is 6.19. The second-order valence-corrected chi connectivity index (χ2v) is 4.95. The number of nitrogens with one attached hydrogen (secondary N) is 1. The average Bonchev–Trinajstić information content (AvgIpc) is 2.36. The predicted molar refractivity (Wildman–Crippen MR) is 73.0 cm³/mol. The first-order valence-corrected chi connectivity index (χ1v) is 6.73. The fourth-order valence-corrected chi connectivity index (χ4v) is 1.76. The van der Waals surface area contributed by atoms with Crippen LogP contribution in [0.5, 0.6) is 0 Å². The van der Waals surface area contributed by atoms with Gasteiger partial charge in [0.1, 0.15) is 0 Å². The third-order valence-electron chi connectivity index (χ3n) is 2.77. The minimum Gasteiger partial charge on any atom is -0.352 e. The summed E-state index contributed by atoms with van der Waals surface area (Å²) < 4.78 is 0. The number of aryl methyl sites for hydroxylation is 2. The Morgan fingerprint density at radius 3 is 2.83 bits per heavy atom. The van der Waals surface area contributed by atoms with Crippen molar-refractivity contribution in [3.05, 3.63) is 23.0 Å². The van der Waals surface area contributed by atoms with Crippen molar-refractivity contribution in [3.63, 3.8) is 0 Å². The third-order valence-corrected chi connectivity index (χ3v) is 3.29. The fourth-order valence-electron chi connectivity index (χ4n) is 1.60. The largest absolute Gasteiger partial charge is 0.352 e. The van der Waals surface area contributed by atoms with E-state index in [-0.39, 0.29) is 5.91 Å². The highest BCUT2D eigenvalue weighted by atomic mass is 35.5. The van der Waals surface area contributed by atoms with E-state index >= 15 is 0 Å². The maximum atomic E-state index is 11.9. The van der Waals surface area contributed by atoms with Crippen molar-refractivity contribution >= 4 is 17.5 Å². The second kappa shape index (κ2) is 7.31. The van der Waals surface area contributed by atoms with Gasteiger partial charge in [0.05, 0.1) is 17.0 Å². The molecule has 0 aliphatic heterocycles. The molecule has 0 saturated heterocycles. The Bertz CT molecular complexity index is 409. The van der Waals surface area contributed by atoms with Gasteiger partial charge in [0, 0.05) is 12.4 Å². The molecule has 0 aromatic carbocycles. The molecule has 4 nitrogen and oxygen atoms in total. The van der Waals surface area contributed by atoms with Gasteiger partial charge >= 0.3 is 0 Å². The molecule has 0 spiro atoms. The molecule has 1 atom stereocenters. The lowest BCUT2D eigenvalue weighted by Crippen LogP contribution is -2.26. The molecule has 1 amide bonds. The number of amides is 1. The molecule has 5 heteroatoms. The van der Waals surface area contributed by atoms with E-state index in [1.807, 2.05) is 6.92 Å². The van der Waals surface area contributed by atoms with Crippen LogP contribution in [-0.2, 0) is 0 Å². The molecular formula is C13H20ClN3O. The van der Waals surface area contributed by atoms with Crippen LogP contribution in [-0.4, -0.2) is 28.5 Å². The number of carbonyl (C=O) groups is 1. The van der Waals surface area contributed by atoms with E-state index < -0.39 is 0 Å². The summed E-state index contributed by atoms with van der Waals surface area (Å²) >= 11 is 5.72. The number of alkyl halides is 1. The monoisotopic (exact) mass is 269 g/mol. The standard InChI is InChI=1S/C13H20ClN3O/c1-9(8-14)5-4-6-15-13(18)12-7-10(2)16-17-11(12)3/h7,9H,4-6,8H2,1-3H3,(H,15,18). The van der Waals surface area contributed by atoms with Gasteiger partial charge in [-0.05, 0) is 38.7 Å². The number of nitrogens with zero attached hydrogens (tertiary/aromatic N) is 2. The molecule has 1 aromatic heterocycles. The third kappa shape index (κ3) is 4.61. The zero-order valence-electron chi connectivity index (χ0n) is 11.2. The molecule has 1 rings (SSSR count). The molecule has 0 bridgehead atoms. The minimum absolute atomic E-state index is 0.0796. The number of rotatable bonds is 6. The van der Waals surface area contributed by atoms with Crippen LogP contribution < -0.4 is 5.32 Å². The molecule has 0 aliphatic rings. The van der Waals surface area contributed by atoms with Gasteiger partial charge in [0.25, 0.3) is 5.91 Å². The molecule has 100 valence electrons. The van der Waals surface area contributed by atoms with Gasteiger partial charge in [-0.25, -0.2) is 0 Å². The summed E-state index contributed by atoms with van der Waals surface area (Å²) in [6.07, 6.45) is 1.96. The highest BCUT2D eigenvalue weighted by Crippen LogP contribution is 2.07. The van der Waals surface area contributed by atoms with E-state index in [4.69, 9.17) is 11.6 Å². The van der Waals surface area contributed by atoms with Crippen molar-refractivity contribution in [1.29, 1.82) is 0 Å². The summed E-state index contributed by atoms with van der Waals surface area (Å²) in [5.74, 6) is 1.08. The van der Waals surface area contributed by atoms with Gasteiger partial charge in [-0.1, -0.05) is 6.92 Å². The molecule has 0 radical (unpaired) electrons. The van der Waals surface area contributed by atoms with Crippen molar-refractivity contribution < 1.29 is 4.79 Å². The van der Waals surface area contributed by atoms with Crippen LogP contribution >= 0.6 is 11.6 Å². The smallest absolute Gasteiger partial charge is 0.253 e. The quantitative estimate of drug-likeness (QED) is 0.638. The van der Waals surface area contributed by atoms with Crippen molar-refractivity contribution in [2.75, 3.05) is 12.4 Å². The molecule has 1 unspecified atom stereocenters. The Balaban J connectivity index is 2.43. The van der Waals surface area contributed by atoms with Gasteiger partial charge in [0.2, 0.25) is 0 Å². The topological polar surface area (TPSA) is 54.9 Å². The lowest BCUT2D eigenvalue weighted by molar-refractivity contribution is 0.0951. The van der Waals surface area contributed by atoms with Crippen LogP contribution in [0.25, 0.3) is 0 Å². The van der Waals surface area contributed by atoms with E-state index in [9.17, 15) is 4.79 Å². The zero-order chi connectivity index (χ0) is 13.5. The molecular weight excluding hydrogens is 250 g/mol. The summed E-state index contributed by atoms with van der Waals surface area (Å²) in [5.41, 5.74) is 2.02. The van der Waals surface area contributed by atoms with Gasteiger partial charge < -0.3 is 5.32 Å². The molecule has 1 N–H and O–H groups in total. The lowest BCUT2D eigenvalue weighted by atomic mass is 10.1. The summed E-state index contributed by atoms with van der Waals surface area (Å²) in [6.45, 7) is 6.39. The average molecular weight is 270 g/mol. The van der Waals surface area contributed by atoms with Crippen molar-refractivity contribution in [2.45, 2.75) is 33.6 Å². The summed E-state index contributed by atoms with van der Waals surface area (Å²) in [6, 6.07) is 1.76. The van der Waals surface area contributed by atoms with Crippen LogP contribution in [0.2, 0.25) is 0 Å². The number of halogens is 1. The highest BCUT2D eigenvalue weighted by Gasteiger charge is 2.10. The van der Waals surface area contributed by atoms with E-state index in [0.717, 1.165) is 18.5 Å². The van der Waals surface area contributed by atoms with Crippen molar-refractivity contribution in [1.82, 2.24) is 15.5 Å². The minimum atomic E-state index is -0.0796. The highest BCUT2D eigenvalue weighted by molar-refractivity contribution is 6.18. The van der Waals surface area contributed by atoms with Crippen molar-refractivity contribution in [3.8, 4) is 0 Å². The molecule has 1 heterocycles. The second-order valence-electron chi connectivity index (χ2n) is 4.64. The van der Waals surface area contributed by atoms with E-state index in [1.165, 1.54) is 0 Å². The maximum Gasteiger partial charge on any atom is 0.253 e. The number of hydrogen-bond donors (Lipinski definition) is 1. The fraction of sp³-hybridized carbons (Fsp3) is 0.615. The lowest BCUT2D eigenvalue weighted by Gasteiger charge is -2.09. The Hall–Kier alpha value is -1.16. The molecule has 1 aromatic rings. The van der Waals surface area contributed by atoms with E-state index in [1.54, 1.807) is 13.0 Å². The number of aromatic nitrogens is 2. The number of carbonyl (C=O) groups excluding carboxylic acids is 1. The van der Waals surface area contributed by atoms with Crippen LogP contribution in [0.4, 0.5) is 0 Å². The van der Waals surface area contributed by atoms with Crippen LogP contribution in [0, 0.1) is 19.8 Å². The molecule has 18 heavy (non-hydrogen) atoms.